The Labute approximate surface area is 187 Å². The van der Waals surface area contributed by atoms with Gasteiger partial charge in [-0.05, 0) is 41.2 Å². The number of nitrogen functional groups attached to an aromatic ring is 1. The van der Waals surface area contributed by atoms with Crippen LogP contribution in [0.1, 0.15) is 43.4 Å². The van der Waals surface area contributed by atoms with Gasteiger partial charge in [0.15, 0.2) is 0 Å². The van der Waals surface area contributed by atoms with E-state index >= 15 is 0 Å². The maximum Gasteiger partial charge on any atom is 0.230 e. The van der Waals surface area contributed by atoms with E-state index in [4.69, 9.17) is 15.2 Å². The highest BCUT2D eigenvalue weighted by molar-refractivity contribution is 5.87. The van der Waals surface area contributed by atoms with E-state index in [1.54, 1.807) is 0 Å². The average molecular weight is 424 g/mol. The monoisotopic (exact) mass is 423 g/mol. The maximum absolute atomic E-state index is 5.99. The van der Waals surface area contributed by atoms with Crippen LogP contribution in [-0.4, -0.2) is 17.0 Å². The van der Waals surface area contributed by atoms with Crippen molar-refractivity contribution in [3.63, 3.8) is 0 Å². The summed E-state index contributed by atoms with van der Waals surface area (Å²) in [5, 5.41) is 11.3. The summed E-state index contributed by atoms with van der Waals surface area (Å²) in [5.74, 6) is 2.43. The number of allylic oxidation sites excluding steroid dienone is 5. The molecule has 0 saturated carbocycles. The van der Waals surface area contributed by atoms with Crippen molar-refractivity contribution < 1.29 is 9.47 Å². The van der Waals surface area contributed by atoms with Crippen molar-refractivity contribution in [3.8, 4) is 0 Å². The minimum Gasteiger partial charge on any atom is -0.458 e. The molecule has 2 aliphatic carbocycles. The minimum absolute atomic E-state index is 0.134. The standard InChI is InChI=1S/C27H25N3O2/c1-16-20-10-11-25-26(32-15-31-25)13-24(20)23(17-6-8-19(28)9-7-17)12-22(16)27-21-5-3-2-4-18(21)14-29-30-27/h2-9,12,14,16,22H,10-11,13,15,28H2,1H3. The number of rotatable bonds is 2. The summed E-state index contributed by atoms with van der Waals surface area (Å²) >= 11 is 0. The highest BCUT2D eigenvalue weighted by Gasteiger charge is 2.35. The fourth-order valence-electron chi connectivity index (χ4n) is 5.32. The highest BCUT2D eigenvalue weighted by Crippen LogP contribution is 2.49. The van der Waals surface area contributed by atoms with Crippen LogP contribution in [0.4, 0.5) is 5.69 Å². The van der Waals surface area contributed by atoms with Crippen LogP contribution in [0.5, 0.6) is 0 Å². The normalized spacial score (nSPS) is 22.6. The number of nitrogens with zero attached hydrogens (tertiary/aromatic N) is 2. The van der Waals surface area contributed by atoms with Gasteiger partial charge in [0.1, 0.15) is 11.5 Å². The number of hydrogen-bond acceptors (Lipinski definition) is 5. The zero-order chi connectivity index (χ0) is 21.7. The summed E-state index contributed by atoms with van der Waals surface area (Å²) in [4.78, 5) is 0. The van der Waals surface area contributed by atoms with E-state index in [2.05, 4.69) is 53.5 Å². The van der Waals surface area contributed by atoms with Crippen molar-refractivity contribution in [3.05, 3.63) is 94.7 Å². The van der Waals surface area contributed by atoms with Gasteiger partial charge in [-0.15, -0.1) is 0 Å². The van der Waals surface area contributed by atoms with Crippen LogP contribution in [-0.2, 0) is 9.47 Å². The van der Waals surface area contributed by atoms with Crippen LogP contribution < -0.4 is 5.73 Å². The number of fused-ring (bicyclic) bond motifs is 1. The van der Waals surface area contributed by atoms with Crippen LogP contribution in [0.3, 0.4) is 0 Å². The van der Waals surface area contributed by atoms with Gasteiger partial charge in [-0.3, -0.25) is 0 Å². The predicted octanol–water partition coefficient (Wildman–Crippen LogP) is 5.73. The molecule has 0 amide bonds. The van der Waals surface area contributed by atoms with E-state index in [1.165, 1.54) is 22.3 Å². The quantitative estimate of drug-likeness (QED) is 0.534. The van der Waals surface area contributed by atoms with Crippen LogP contribution in [0.15, 0.2) is 83.5 Å². The Morgan fingerprint density at radius 1 is 0.969 bits per heavy atom. The third kappa shape index (κ3) is 3.08. The van der Waals surface area contributed by atoms with Crippen molar-refractivity contribution in [2.75, 3.05) is 12.5 Å². The lowest BCUT2D eigenvalue weighted by Gasteiger charge is -2.33. The fraction of sp³-hybridized carbons (Fsp3) is 0.259. The molecule has 2 N–H and O–H groups in total. The Kier molecular flexibility index (Phi) is 4.49. The van der Waals surface area contributed by atoms with Crippen molar-refractivity contribution >= 4 is 22.0 Å². The molecule has 3 aliphatic rings. The Morgan fingerprint density at radius 2 is 1.78 bits per heavy atom. The zero-order valence-electron chi connectivity index (χ0n) is 18.0. The number of ether oxygens (including phenoxy) is 2. The van der Waals surface area contributed by atoms with Gasteiger partial charge >= 0.3 is 0 Å². The molecule has 0 saturated heterocycles. The lowest BCUT2D eigenvalue weighted by atomic mass is 9.72. The summed E-state index contributed by atoms with van der Waals surface area (Å²) in [6.45, 7) is 2.65. The van der Waals surface area contributed by atoms with Crippen molar-refractivity contribution in [2.45, 2.75) is 32.1 Å². The van der Waals surface area contributed by atoms with E-state index in [1.807, 2.05) is 24.4 Å². The van der Waals surface area contributed by atoms with Crippen LogP contribution >= 0.6 is 0 Å². The Bertz CT molecular complexity index is 1300. The number of hydrogen-bond donors (Lipinski definition) is 1. The Balaban J connectivity index is 1.52. The van der Waals surface area contributed by atoms with Gasteiger partial charge in [0.05, 0.1) is 11.9 Å². The molecule has 32 heavy (non-hydrogen) atoms. The van der Waals surface area contributed by atoms with Gasteiger partial charge < -0.3 is 15.2 Å². The van der Waals surface area contributed by atoms with Gasteiger partial charge in [0, 0.05) is 35.2 Å². The predicted molar refractivity (Wildman–Crippen MR) is 125 cm³/mol. The first-order valence-corrected chi connectivity index (χ1v) is 11.2. The second-order valence-corrected chi connectivity index (χ2v) is 8.77. The van der Waals surface area contributed by atoms with Gasteiger partial charge in [-0.25, -0.2) is 0 Å². The molecule has 0 radical (unpaired) electrons. The molecular weight excluding hydrogens is 398 g/mol. The topological polar surface area (TPSA) is 70.3 Å². The van der Waals surface area contributed by atoms with E-state index in [0.29, 0.717) is 12.7 Å². The molecule has 0 fully saturated rings. The van der Waals surface area contributed by atoms with Crippen LogP contribution in [0.25, 0.3) is 16.3 Å². The SMILES string of the molecule is CC1C2=C(CC3=C(CC2)OCO3)C(c2ccc(N)cc2)=CC1c1nncc2ccccc12. The lowest BCUT2D eigenvalue weighted by molar-refractivity contribution is 0.0672. The van der Waals surface area contributed by atoms with E-state index in [9.17, 15) is 0 Å². The van der Waals surface area contributed by atoms with E-state index < -0.39 is 0 Å². The first kappa shape index (κ1) is 19.1. The second kappa shape index (κ2) is 7.52. The molecule has 1 aromatic heterocycles. The smallest absolute Gasteiger partial charge is 0.230 e. The molecule has 5 heteroatoms. The third-order valence-electron chi connectivity index (χ3n) is 7.02. The molecule has 2 atom stereocenters. The number of benzene rings is 2. The first-order valence-electron chi connectivity index (χ1n) is 11.2. The summed E-state index contributed by atoms with van der Waals surface area (Å²) in [6.07, 6.45) is 6.82. The van der Waals surface area contributed by atoms with Crippen molar-refractivity contribution in [1.82, 2.24) is 10.2 Å². The molecule has 2 unspecified atom stereocenters. The number of aromatic nitrogens is 2. The first-order chi connectivity index (χ1) is 15.7. The minimum atomic E-state index is 0.134. The van der Waals surface area contributed by atoms with Gasteiger partial charge in [0.25, 0.3) is 0 Å². The summed E-state index contributed by atoms with van der Waals surface area (Å²) in [5.41, 5.74) is 13.0. The summed E-state index contributed by atoms with van der Waals surface area (Å²) in [6, 6.07) is 16.5. The molecule has 0 bridgehead atoms. The van der Waals surface area contributed by atoms with Crippen LogP contribution in [0, 0.1) is 5.92 Å². The third-order valence-corrected chi connectivity index (χ3v) is 7.02. The van der Waals surface area contributed by atoms with Gasteiger partial charge in [0.2, 0.25) is 6.79 Å². The van der Waals surface area contributed by atoms with E-state index in [0.717, 1.165) is 52.9 Å². The van der Waals surface area contributed by atoms with E-state index in [-0.39, 0.29) is 5.92 Å². The fourth-order valence-corrected chi connectivity index (χ4v) is 5.32. The van der Waals surface area contributed by atoms with Crippen molar-refractivity contribution in [2.24, 2.45) is 5.92 Å². The molecule has 3 aromatic rings. The molecule has 2 aromatic carbocycles. The molecular formula is C27H25N3O2. The average Bonchev–Trinajstić information content (AvgIpc) is 3.18. The second-order valence-electron chi connectivity index (χ2n) is 8.77. The largest absolute Gasteiger partial charge is 0.458 e. The lowest BCUT2D eigenvalue weighted by Crippen LogP contribution is -2.19. The molecule has 2 heterocycles. The molecule has 6 rings (SSSR count). The summed E-state index contributed by atoms with van der Waals surface area (Å²) in [7, 11) is 0. The molecule has 5 nitrogen and oxygen atoms in total. The highest BCUT2D eigenvalue weighted by atomic mass is 16.7. The zero-order valence-corrected chi connectivity index (χ0v) is 18.0. The maximum atomic E-state index is 5.99. The Morgan fingerprint density at radius 3 is 2.66 bits per heavy atom. The molecule has 160 valence electrons. The van der Waals surface area contributed by atoms with Crippen molar-refractivity contribution in [1.29, 1.82) is 0 Å². The number of anilines is 1. The molecule has 0 spiro atoms. The Hall–Kier alpha value is -3.60. The number of nitrogens with two attached hydrogens (primary N) is 1. The van der Waals surface area contributed by atoms with Gasteiger partial charge in [-0.2, -0.15) is 10.2 Å². The summed E-state index contributed by atoms with van der Waals surface area (Å²) < 4.78 is 11.6. The van der Waals surface area contributed by atoms with Gasteiger partial charge in [-0.1, -0.05) is 55.0 Å². The molecule has 1 aliphatic heterocycles. The van der Waals surface area contributed by atoms with Crippen LogP contribution in [0.2, 0.25) is 0 Å².